The third kappa shape index (κ3) is 2.29. The lowest BCUT2D eigenvalue weighted by Gasteiger charge is -2.05. The highest BCUT2D eigenvalue weighted by Gasteiger charge is 2.28. The minimum absolute atomic E-state index is 0.0704. The van der Waals surface area contributed by atoms with Gasteiger partial charge in [0.1, 0.15) is 11.5 Å². The Morgan fingerprint density at radius 3 is 3.10 bits per heavy atom. The molecular formula is C15H13BrN4O. The van der Waals surface area contributed by atoms with E-state index in [0.717, 1.165) is 21.3 Å². The predicted octanol–water partition coefficient (Wildman–Crippen LogP) is 3.28. The molecule has 0 saturated heterocycles. The number of aromatic amines is 1. The maximum absolute atomic E-state index is 12.6. The lowest BCUT2D eigenvalue weighted by Crippen LogP contribution is -2.11. The van der Waals surface area contributed by atoms with Crippen LogP contribution in [0.2, 0.25) is 0 Å². The van der Waals surface area contributed by atoms with Crippen molar-refractivity contribution in [3.63, 3.8) is 0 Å². The number of hydrogen-bond acceptors (Lipinski definition) is 3. The molecule has 4 rings (SSSR count). The molecule has 0 spiro atoms. The molecule has 3 aromatic rings. The Balaban J connectivity index is 1.67. The number of pyridine rings is 1. The molecule has 0 radical (unpaired) electrons. The van der Waals surface area contributed by atoms with Gasteiger partial charge < -0.3 is 9.55 Å². The van der Waals surface area contributed by atoms with Crippen LogP contribution in [0.4, 0.5) is 0 Å². The number of nitrogens with one attached hydrogen (secondary N) is 1. The van der Waals surface area contributed by atoms with Crippen LogP contribution in [-0.2, 0) is 6.54 Å². The number of Topliss-reactive ketones (excluding diaryl/α,β-unsaturated/α-hetero) is 1. The second kappa shape index (κ2) is 4.80. The molecule has 3 aromatic heterocycles. The number of imidazole rings is 1. The Morgan fingerprint density at radius 2 is 2.29 bits per heavy atom. The molecule has 0 unspecified atom stereocenters. The lowest BCUT2D eigenvalue weighted by atomic mass is 10.1. The largest absolute Gasteiger partial charge is 0.345 e. The quantitative estimate of drug-likeness (QED) is 0.738. The molecule has 5 nitrogen and oxygen atoms in total. The highest BCUT2D eigenvalue weighted by atomic mass is 79.9. The SMILES string of the molecule is O=C(Cn1ccnc1C1CC1)c1c[nH]c2ncc(Br)cc12. The van der Waals surface area contributed by atoms with Crippen LogP contribution in [0.1, 0.15) is 34.9 Å². The minimum Gasteiger partial charge on any atom is -0.345 e. The van der Waals surface area contributed by atoms with E-state index in [1.54, 1.807) is 18.6 Å². The van der Waals surface area contributed by atoms with Gasteiger partial charge in [0.2, 0.25) is 0 Å². The molecule has 6 heteroatoms. The third-order valence-electron chi connectivity index (χ3n) is 3.80. The van der Waals surface area contributed by atoms with Crippen molar-refractivity contribution >= 4 is 32.7 Å². The van der Waals surface area contributed by atoms with Gasteiger partial charge in [-0.2, -0.15) is 0 Å². The smallest absolute Gasteiger partial charge is 0.184 e. The summed E-state index contributed by atoms with van der Waals surface area (Å²) in [4.78, 5) is 24.3. The summed E-state index contributed by atoms with van der Waals surface area (Å²) < 4.78 is 2.83. The van der Waals surface area contributed by atoms with Crippen LogP contribution in [0.15, 0.2) is 35.3 Å². The third-order valence-corrected chi connectivity index (χ3v) is 4.24. The van der Waals surface area contributed by atoms with E-state index in [-0.39, 0.29) is 5.78 Å². The van der Waals surface area contributed by atoms with Gasteiger partial charge in [0.05, 0.1) is 6.54 Å². The summed E-state index contributed by atoms with van der Waals surface area (Å²) in [5.41, 5.74) is 1.41. The molecule has 1 aliphatic rings. The second-order valence-corrected chi connectivity index (χ2v) is 6.28. The van der Waals surface area contributed by atoms with E-state index in [0.29, 0.717) is 18.0 Å². The number of hydrogen-bond donors (Lipinski definition) is 1. The van der Waals surface area contributed by atoms with Crippen molar-refractivity contribution in [2.45, 2.75) is 25.3 Å². The molecule has 0 atom stereocenters. The van der Waals surface area contributed by atoms with Gasteiger partial charge in [-0.05, 0) is 34.8 Å². The Bertz CT molecular complexity index is 831. The summed E-state index contributed by atoms with van der Waals surface area (Å²) in [5.74, 6) is 1.63. The minimum atomic E-state index is 0.0704. The molecular weight excluding hydrogens is 332 g/mol. The van der Waals surface area contributed by atoms with Crippen LogP contribution in [0.25, 0.3) is 11.0 Å². The first kappa shape index (κ1) is 12.8. The van der Waals surface area contributed by atoms with Crippen molar-refractivity contribution in [1.29, 1.82) is 0 Å². The Morgan fingerprint density at radius 1 is 1.43 bits per heavy atom. The number of fused-ring (bicyclic) bond motifs is 1. The fourth-order valence-corrected chi connectivity index (χ4v) is 2.94. The van der Waals surface area contributed by atoms with Crippen molar-refractivity contribution in [3.05, 3.63) is 46.7 Å². The Labute approximate surface area is 129 Å². The van der Waals surface area contributed by atoms with Crippen molar-refractivity contribution in [1.82, 2.24) is 19.5 Å². The van der Waals surface area contributed by atoms with Crippen molar-refractivity contribution in [2.75, 3.05) is 0 Å². The van der Waals surface area contributed by atoms with Crippen LogP contribution >= 0.6 is 15.9 Å². The van der Waals surface area contributed by atoms with E-state index in [9.17, 15) is 4.79 Å². The summed E-state index contributed by atoms with van der Waals surface area (Å²) >= 11 is 3.40. The van der Waals surface area contributed by atoms with Gasteiger partial charge in [-0.3, -0.25) is 4.79 Å². The zero-order valence-corrected chi connectivity index (χ0v) is 12.8. The first-order chi connectivity index (χ1) is 10.2. The van der Waals surface area contributed by atoms with E-state index in [4.69, 9.17) is 0 Å². The first-order valence-electron chi connectivity index (χ1n) is 6.89. The Kier molecular flexibility index (Phi) is 2.92. The normalized spacial score (nSPS) is 14.7. The van der Waals surface area contributed by atoms with E-state index < -0.39 is 0 Å². The van der Waals surface area contributed by atoms with Gasteiger partial charge in [-0.15, -0.1) is 0 Å². The fraction of sp³-hybridized carbons (Fsp3) is 0.267. The van der Waals surface area contributed by atoms with Gasteiger partial charge in [-0.1, -0.05) is 0 Å². The molecule has 21 heavy (non-hydrogen) atoms. The van der Waals surface area contributed by atoms with E-state index in [1.165, 1.54) is 12.8 Å². The molecule has 106 valence electrons. The van der Waals surface area contributed by atoms with Gasteiger partial charge >= 0.3 is 0 Å². The number of rotatable bonds is 4. The van der Waals surface area contributed by atoms with Crippen LogP contribution in [0.3, 0.4) is 0 Å². The first-order valence-corrected chi connectivity index (χ1v) is 7.68. The van der Waals surface area contributed by atoms with Crippen molar-refractivity contribution in [3.8, 4) is 0 Å². The zero-order valence-electron chi connectivity index (χ0n) is 11.2. The predicted molar refractivity (Wildman–Crippen MR) is 82.3 cm³/mol. The molecule has 1 aliphatic carbocycles. The molecule has 0 bridgehead atoms. The molecule has 1 fully saturated rings. The monoisotopic (exact) mass is 344 g/mol. The van der Waals surface area contributed by atoms with Crippen LogP contribution in [0, 0.1) is 0 Å². The number of carbonyl (C=O) groups is 1. The highest BCUT2D eigenvalue weighted by Crippen LogP contribution is 2.39. The van der Waals surface area contributed by atoms with E-state index in [2.05, 4.69) is 30.9 Å². The number of H-pyrrole nitrogens is 1. The van der Waals surface area contributed by atoms with Crippen molar-refractivity contribution < 1.29 is 4.79 Å². The Hall–Kier alpha value is -1.95. The maximum atomic E-state index is 12.6. The summed E-state index contributed by atoms with van der Waals surface area (Å²) in [5, 5.41) is 0.850. The van der Waals surface area contributed by atoms with Gasteiger partial charge in [0, 0.05) is 46.1 Å². The standard InChI is InChI=1S/C15H13BrN4O/c16-10-5-11-12(7-19-14(11)18-6-10)13(21)8-20-4-3-17-15(20)9-1-2-9/h3-7,9H,1-2,8H2,(H,18,19). The maximum Gasteiger partial charge on any atom is 0.184 e. The number of aromatic nitrogens is 4. The fourth-order valence-electron chi connectivity index (χ4n) is 2.60. The average Bonchev–Trinajstić information content (AvgIpc) is 3.06. The molecule has 3 heterocycles. The van der Waals surface area contributed by atoms with Crippen LogP contribution in [0.5, 0.6) is 0 Å². The molecule has 0 aromatic carbocycles. The molecule has 0 amide bonds. The molecule has 1 N–H and O–H groups in total. The molecule has 0 aliphatic heterocycles. The highest BCUT2D eigenvalue weighted by molar-refractivity contribution is 9.10. The van der Waals surface area contributed by atoms with Crippen LogP contribution < -0.4 is 0 Å². The molecule has 1 saturated carbocycles. The number of carbonyl (C=O) groups excluding carboxylic acids is 1. The lowest BCUT2D eigenvalue weighted by molar-refractivity contribution is 0.0972. The van der Waals surface area contributed by atoms with Crippen LogP contribution in [-0.4, -0.2) is 25.3 Å². The average molecular weight is 345 g/mol. The van der Waals surface area contributed by atoms with Crippen molar-refractivity contribution in [2.24, 2.45) is 0 Å². The van der Waals surface area contributed by atoms with Gasteiger partial charge in [0.15, 0.2) is 5.78 Å². The topological polar surface area (TPSA) is 63.6 Å². The summed E-state index contributed by atoms with van der Waals surface area (Å²) in [6, 6.07) is 1.92. The van der Waals surface area contributed by atoms with E-state index in [1.807, 2.05) is 16.8 Å². The number of halogens is 1. The number of nitrogens with zero attached hydrogens (tertiary/aromatic N) is 3. The second-order valence-electron chi connectivity index (χ2n) is 5.36. The van der Waals surface area contributed by atoms with E-state index >= 15 is 0 Å². The summed E-state index contributed by atoms with van der Waals surface area (Å²) in [6.45, 7) is 0.325. The summed E-state index contributed by atoms with van der Waals surface area (Å²) in [6.07, 6.45) is 9.46. The summed E-state index contributed by atoms with van der Waals surface area (Å²) in [7, 11) is 0. The zero-order chi connectivity index (χ0) is 14.4. The van der Waals surface area contributed by atoms with Gasteiger partial charge in [0.25, 0.3) is 0 Å². The van der Waals surface area contributed by atoms with Gasteiger partial charge in [-0.25, -0.2) is 9.97 Å². The number of ketones is 1.